The van der Waals surface area contributed by atoms with Crippen LogP contribution in [0, 0.1) is 0 Å². The lowest BCUT2D eigenvalue weighted by atomic mass is 9.83. The third-order valence-corrected chi connectivity index (χ3v) is 27.0. The number of hydrogen-bond acceptors (Lipinski definition) is 21. The minimum atomic E-state index is -3.85. The number of rotatable bonds is 15. The van der Waals surface area contributed by atoms with E-state index < -0.39 is 30.1 Å². The molecule has 6 aliphatic rings. The highest BCUT2D eigenvalue weighted by molar-refractivity contribution is 7.90. The molecule has 12 heterocycles. The zero-order valence-electron chi connectivity index (χ0n) is 60.8. The summed E-state index contributed by atoms with van der Waals surface area (Å²) < 4.78 is 107. The normalized spacial score (nSPS) is 20.8. The first-order chi connectivity index (χ1) is 52.5. The van der Waals surface area contributed by atoms with Gasteiger partial charge in [-0.3, -0.25) is 28.7 Å². The number of hydrogen-bond donors (Lipinski definition) is 0. The average molecular weight is 1530 g/mol. The fourth-order valence-electron chi connectivity index (χ4n) is 16.1. The number of ether oxygens (including phenoxy) is 3. The van der Waals surface area contributed by atoms with E-state index in [1.807, 2.05) is 39.7 Å². The molecule has 3 saturated heterocycles. The average Bonchev–Trinajstić information content (AvgIpc) is 1.61. The van der Waals surface area contributed by atoms with Crippen molar-refractivity contribution in [3.8, 4) is 33.4 Å². The molecule has 0 amide bonds. The number of morpholine rings is 3. The van der Waals surface area contributed by atoms with Gasteiger partial charge in [-0.05, 0) is 113 Å². The van der Waals surface area contributed by atoms with Gasteiger partial charge >= 0.3 is 0 Å². The number of allylic oxidation sites excluding steroid dienone is 1. The highest BCUT2D eigenvalue weighted by Gasteiger charge is 2.34. The van der Waals surface area contributed by atoms with E-state index in [0.717, 1.165) is 189 Å². The molecule has 0 N–H and O–H groups in total. The zero-order chi connectivity index (χ0) is 74.1. The van der Waals surface area contributed by atoms with Crippen molar-refractivity contribution in [2.45, 2.75) is 123 Å². The second-order valence-corrected chi connectivity index (χ2v) is 34.1. The Morgan fingerprint density at radius 1 is 0.376 bits per heavy atom. The molecule has 12 aromatic rings. The molecule has 1 atom stereocenters. The van der Waals surface area contributed by atoms with Crippen molar-refractivity contribution in [2.75, 3.05) is 78.9 Å². The highest BCUT2D eigenvalue weighted by Crippen LogP contribution is 2.41. The van der Waals surface area contributed by atoms with Gasteiger partial charge in [0.05, 0.1) is 109 Å². The summed E-state index contributed by atoms with van der Waals surface area (Å²) in [4.78, 5) is 37.3. The Balaban J connectivity index is 0.000000130. The van der Waals surface area contributed by atoms with E-state index in [1.165, 1.54) is 11.9 Å². The first-order valence-corrected chi connectivity index (χ1v) is 41.5. The van der Waals surface area contributed by atoms with Gasteiger partial charge in [-0.15, -0.1) is 0 Å². The van der Waals surface area contributed by atoms with Gasteiger partial charge in [0.15, 0.2) is 16.9 Å². The SMILES string of the molecule is C.Cn1cc(-c2cn(S(=O)(=O)c3ccccc3)c3ncc(C4=CCC(N5CCOCC5)CC4)nc23)cn1.Cn1cc(-c2cn(S(=O)(=O)c3ccccc3)c3ncc(C4CCC(N5CCOCC5)CC4)nc23)cn1.Cn1cc(-c2cn(S(=O)(=O)c3ccccc3)c3ncc(C4CCC(N5CCOCC5)CC4)nc23)cn1. The molecule has 2 saturated carbocycles. The van der Waals surface area contributed by atoms with Crippen LogP contribution >= 0.6 is 0 Å². The lowest BCUT2D eigenvalue weighted by molar-refractivity contribution is 0.00718. The van der Waals surface area contributed by atoms with Crippen LogP contribution < -0.4 is 0 Å². The maximum Gasteiger partial charge on any atom is 0.269 e. The minimum Gasteiger partial charge on any atom is -0.379 e. The molecule has 570 valence electrons. The molecule has 3 aliphatic carbocycles. The molecule has 30 heteroatoms. The Morgan fingerprint density at radius 2 is 0.706 bits per heavy atom. The van der Waals surface area contributed by atoms with Crippen LogP contribution in [0.3, 0.4) is 0 Å². The molecule has 109 heavy (non-hydrogen) atoms. The Morgan fingerprint density at radius 3 is 1.03 bits per heavy atom. The van der Waals surface area contributed by atoms with E-state index >= 15 is 0 Å². The summed E-state index contributed by atoms with van der Waals surface area (Å²) in [6.45, 7) is 10.9. The summed E-state index contributed by atoms with van der Waals surface area (Å²) in [5.74, 6) is 0.630. The summed E-state index contributed by atoms with van der Waals surface area (Å²) >= 11 is 0. The van der Waals surface area contributed by atoms with Gasteiger partial charge in [-0.1, -0.05) is 68.1 Å². The number of aryl methyl sites for hydroxylation is 3. The van der Waals surface area contributed by atoms with Gasteiger partial charge in [-0.2, -0.15) is 15.3 Å². The van der Waals surface area contributed by atoms with Crippen molar-refractivity contribution >= 4 is 69.1 Å². The van der Waals surface area contributed by atoms with Crippen molar-refractivity contribution in [2.24, 2.45) is 21.1 Å². The zero-order valence-corrected chi connectivity index (χ0v) is 63.2. The first kappa shape index (κ1) is 74.9. The van der Waals surface area contributed by atoms with E-state index in [-0.39, 0.29) is 22.1 Å². The molecule has 3 aliphatic heterocycles. The van der Waals surface area contributed by atoms with Crippen molar-refractivity contribution in [3.63, 3.8) is 0 Å². The van der Waals surface area contributed by atoms with Crippen molar-refractivity contribution in [3.05, 3.63) is 189 Å². The maximum atomic E-state index is 13.5. The quantitative estimate of drug-likeness (QED) is 0.0921. The smallest absolute Gasteiger partial charge is 0.269 e. The standard InChI is InChI=1S/2C26H30N6O3S.C26H28N6O3S.CH4/c3*1-30-17-20(15-28-30)23-18-32(36(33,34)22-5-3-2-4-6-22)26-25(23)29-24(16-27-26)19-7-9-21(10-8-19)31-11-13-35-14-12-31;/h2*2-6,15-19,21H,7-14H2,1H3;2-7,15-18,21H,8-14H2,1H3;1H4. The molecule has 0 radical (unpaired) electrons. The third-order valence-electron chi connectivity index (χ3n) is 22.0. The molecular formula is C79H92N18O9S3. The fraction of sp³-hybridized carbons (Fsp3) is 0.405. The van der Waals surface area contributed by atoms with Crippen LogP contribution in [0.1, 0.15) is 107 Å². The van der Waals surface area contributed by atoms with Crippen LogP contribution in [-0.2, 0) is 65.4 Å². The Labute approximate surface area is 635 Å². The van der Waals surface area contributed by atoms with Gasteiger partial charge in [0, 0.05) is 161 Å². The first-order valence-electron chi connectivity index (χ1n) is 37.2. The summed E-state index contributed by atoms with van der Waals surface area (Å²) in [5.41, 5.74) is 11.1. The Hall–Kier alpha value is -9.50. The molecule has 0 bridgehead atoms. The second-order valence-electron chi connectivity index (χ2n) is 28.7. The maximum absolute atomic E-state index is 13.5. The van der Waals surface area contributed by atoms with Gasteiger partial charge in [0.1, 0.15) is 16.6 Å². The second kappa shape index (κ2) is 32.2. The summed E-state index contributed by atoms with van der Waals surface area (Å²) in [6.07, 6.45) is 34.8. The van der Waals surface area contributed by atoms with Crippen LogP contribution in [0.4, 0.5) is 0 Å². The van der Waals surface area contributed by atoms with Crippen molar-refractivity contribution < 1.29 is 39.5 Å². The molecule has 9 aromatic heterocycles. The molecule has 5 fully saturated rings. The van der Waals surface area contributed by atoms with Crippen LogP contribution in [0.5, 0.6) is 0 Å². The molecule has 1 unspecified atom stereocenters. The van der Waals surface area contributed by atoms with E-state index in [0.29, 0.717) is 80.1 Å². The lowest BCUT2D eigenvalue weighted by Gasteiger charge is -2.38. The summed E-state index contributed by atoms with van der Waals surface area (Å²) in [6, 6.07) is 27.0. The largest absolute Gasteiger partial charge is 0.379 e. The van der Waals surface area contributed by atoms with Gasteiger partial charge in [0.25, 0.3) is 30.1 Å². The molecular weight excluding hydrogens is 1440 g/mol. The highest BCUT2D eigenvalue weighted by atomic mass is 32.2. The topological polar surface area (TPSA) is 285 Å². The third kappa shape index (κ3) is 15.6. The molecule has 27 nitrogen and oxygen atoms in total. The summed E-state index contributed by atoms with van der Waals surface area (Å²) in [5, 5.41) is 12.9. The molecule has 18 rings (SSSR count). The Bertz CT molecular complexity index is 5330. The van der Waals surface area contributed by atoms with Crippen LogP contribution in [-0.4, -0.2) is 208 Å². The van der Waals surface area contributed by atoms with E-state index in [9.17, 15) is 25.3 Å². The van der Waals surface area contributed by atoms with Crippen LogP contribution in [0.25, 0.3) is 72.4 Å². The monoisotopic (exact) mass is 1530 g/mol. The number of aromatic nitrogens is 15. The van der Waals surface area contributed by atoms with Crippen molar-refractivity contribution in [1.29, 1.82) is 0 Å². The predicted molar refractivity (Wildman–Crippen MR) is 416 cm³/mol. The molecule has 3 aromatic carbocycles. The van der Waals surface area contributed by atoms with Gasteiger partial charge in [0.2, 0.25) is 0 Å². The molecule has 0 spiro atoms. The van der Waals surface area contributed by atoms with Gasteiger partial charge in [-0.25, -0.2) is 67.1 Å². The Kier molecular flexibility index (Phi) is 22.1. The van der Waals surface area contributed by atoms with Crippen LogP contribution in [0.15, 0.2) is 186 Å². The van der Waals surface area contributed by atoms with Crippen molar-refractivity contribution in [1.82, 2.24) is 85.9 Å². The fourth-order valence-corrected chi connectivity index (χ4v) is 20.1. The predicted octanol–water partition coefficient (Wildman–Crippen LogP) is 10.8. The number of fused-ring (bicyclic) bond motifs is 3. The minimum absolute atomic E-state index is 0. The lowest BCUT2D eigenvalue weighted by Crippen LogP contribution is -2.44. The van der Waals surface area contributed by atoms with E-state index in [1.54, 1.807) is 161 Å². The van der Waals surface area contributed by atoms with Crippen LogP contribution in [0.2, 0.25) is 0 Å². The number of benzene rings is 3. The van der Waals surface area contributed by atoms with Gasteiger partial charge < -0.3 is 14.2 Å². The van der Waals surface area contributed by atoms with E-state index in [2.05, 4.69) is 51.0 Å². The summed E-state index contributed by atoms with van der Waals surface area (Å²) in [7, 11) is -6.00. The van der Waals surface area contributed by atoms with E-state index in [4.69, 9.17) is 29.2 Å². The number of nitrogens with zero attached hydrogens (tertiary/aromatic N) is 18.